The van der Waals surface area contributed by atoms with Gasteiger partial charge in [0.15, 0.2) is 0 Å². The first-order valence-corrected chi connectivity index (χ1v) is 10.6. The van der Waals surface area contributed by atoms with Crippen LogP contribution in [0.2, 0.25) is 0 Å². The standard InChI is InChI=1S/C24H27F3N4O/c1-3-4-5-8-15-32-21-10-7-6-9-20(21)30-22-19(24(25,26)27)16-28-23(31-22)29-18-13-11-17(2)12-14-18/h6-7,9-14,16H,3-5,8,15H2,1-2H3,(H2,28,29,30,31). The molecule has 0 saturated heterocycles. The number of aryl methyl sites for hydroxylation is 1. The Morgan fingerprint density at radius 3 is 2.41 bits per heavy atom. The molecule has 0 aliphatic carbocycles. The van der Waals surface area contributed by atoms with Gasteiger partial charge < -0.3 is 15.4 Å². The summed E-state index contributed by atoms with van der Waals surface area (Å²) in [7, 11) is 0. The number of benzene rings is 2. The van der Waals surface area contributed by atoms with Gasteiger partial charge in [-0.15, -0.1) is 0 Å². The highest BCUT2D eigenvalue weighted by molar-refractivity contribution is 5.67. The molecule has 0 spiro atoms. The van der Waals surface area contributed by atoms with Gasteiger partial charge >= 0.3 is 6.18 Å². The number of rotatable bonds is 10. The Labute approximate surface area is 186 Å². The zero-order valence-electron chi connectivity index (χ0n) is 18.2. The lowest BCUT2D eigenvalue weighted by molar-refractivity contribution is -0.137. The molecule has 5 nitrogen and oxygen atoms in total. The van der Waals surface area contributed by atoms with E-state index in [1.54, 1.807) is 24.3 Å². The van der Waals surface area contributed by atoms with E-state index in [0.29, 0.717) is 23.7 Å². The van der Waals surface area contributed by atoms with E-state index in [4.69, 9.17) is 4.74 Å². The first-order valence-electron chi connectivity index (χ1n) is 10.6. The van der Waals surface area contributed by atoms with E-state index < -0.39 is 11.7 Å². The third-order valence-electron chi connectivity index (χ3n) is 4.80. The van der Waals surface area contributed by atoms with Gasteiger partial charge in [-0.1, -0.05) is 56.0 Å². The SMILES string of the molecule is CCCCCCOc1ccccc1Nc1nc(Nc2ccc(C)cc2)ncc1C(F)(F)F. The highest BCUT2D eigenvalue weighted by Crippen LogP contribution is 2.37. The lowest BCUT2D eigenvalue weighted by Gasteiger charge is -2.17. The molecule has 2 N–H and O–H groups in total. The summed E-state index contributed by atoms with van der Waals surface area (Å²) in [6, 6.07) is 14.3. The zero-order valence-corrected chi connectivity index (χ0v) is 18.2. The number of unbranched alkanes of at least 4 members (excludes halogenated alkanes) is 3. The summed E-state index contributed by atoms with van der Waals surface area (Å²) in [5, 5.41) is 5.74. The highest BCUT2D eigenvalue weighted by Gasteiger charge is 2.35. The number of hydrogen-bond donors (Lipinski definition) is 2. The fourth-order valence-electron chi connectivity index (χ4n) is 3.05. The van der Waals surface area contributed by atoms with Crippen molar-refractivity contribution in [3.05, 3.63) is 65.9 Å². The molecule has 0 aliphatic rings. The number of halogens is 3. The Kier molecular flexibility index (Phi) is 7.92. The quantitative estimate of drug-likeness (QED) is 0.323. The molecule has 1 aromatic heterocycles. The van der Waals surface area contributed by atoms with E-state index in [2.05, 4.69) is 27.5 Å². The number of aromatic nitrogens is 2. The molecule has 0 saturated carbocycles. The summed E-state index contributed by atoms with van der Waals surface area (Å²) in [6.45, 7) is 4.57. The Bertz CT molecular complexity index is 1010. The summed E-state index contributed by atoms with van der Waals surface area (Å²) in [6.07, 6.45) is 0.333. The summed E-state index contributed by atoms with van der Waals surface area (Å²) >= 11 is 0. The molecular weight excluding hydrogens is 417 g/mol. The average Bonchev–Trinajstić information content (AvgIpc) is 2.76. The number of nitrogens with zero attached hydrogens (tertiary/aromatic N) is 2. The molecule has 1 heterocycles. The topological polar surface area (TPSA) is 59.1 Å². The van der Waals surface area contributed by atoms with Gasteiger partial charge in [0.2, 0.25) is 5.95 Å². The lowest BCUT2D eigenvalue weighted by atomic mass is 10.2. The average molecular weight is 445 g/mol. The fourth-order valence-corrected chi connectivity index (χ4v) is 3.05. The largest absolute Gasteiger partial charge is 0.491 e. The van der Waals surface area contributed by atoms with Gasteiger partial charge in [-0.3, -0.25) is 0 Å². The van der Waals surface area contributed by atoms with Crippen molar-refractivity contribution in [3.8, 4) is 5.75 Å². The van der Waals surface area contributed by atoms with Gasteiger partial charge in [0.05, 0.1) is 12.3 Å². The molecule has 32 heavy (non-hydrogen) atoms. The third-order valence-corrected chi connectivity index (χ3v) is 4.80. The van der Waals surface area contributed by atoms with Gasteiger partial charge in [0.25, 0.3) is 0 Å². The molecule has 170 valence electrons. The van der Waals surface area contributed by atoms with Crippen LogP contribution in [-0.2, 0) is 6.18 Å². The van der Waals surface area contributed by atoms with E-state index in [9.17, 15) is 13.2 Å². The molecule has 0 fully saturated rings. The Balaban J connectivity index is 1.83. The van der Waals surface area contributed by atoms with Crippen LogP contribution in [-0.4, -0.2) is 16.6 Å². The van der Waals surface area contributed by atoms with Crippen molar-refractivity contribution in [2.75, 3.05) is 17.2 Å². The molecule has 0 radical (unpaired) electrons. The van der Waals surface area contributed by atoms with Crippen molar-refractivity contribution in [3.63, 3.8) is 0 Å². The van der Waals surface area contributed by atoms with Crippen molar-refractivity contribution >= 4 is 23.1 Å². The summed E-state index contributed by atoms with van der Waals surface area (Å²) in [5.74, 6) is 0.190. The Morgan fingerprint density at radius 2 is 1.69 bits per heavy atom. The van der Waals surface area contributed by atoms with Crippen LogP contribution in [0.5, 0.6) is 5.75 Å². The number of nitrogens with one attached hydrogen (secondary N) is 2. The second kappa shape index (κ2) is 10.8. The van der Waals surface area contributed by atoms with Crippen LogP contribution in [0.4, 0.5) is 36.3 Å². The molecule has 3 aromatic rings. The second-order valence-corrected chi connectivity index (χ2v) is 7.47. The number of hydrogen-bond acceptors (Lipinski definition) is 5. The van der Waals surface area contributed by atoms with Crippen molar-refractivity contribution in [2.24, 2.45) is 0 Å². The van der Waals surface area contributed by atoms with Crippen molar-refractivity contribution in [1.29, 1.82) is 0 Å². The van der Waals surface area contributed by atoms with E-state index >= 15 is 0 Å². The second-order valence-electron chi connectivity index (χ2n) is 7.47. The maximum atomic E-state index is 13.6. The van der Waals surface area contributed by atoms with Crippen molar-refractivity contribution in [1.82, 2.24) is 9.97 Å². The van der Waals surface area contributed by atoms with Gasteiger partial charge in [-0.05, 0) is 37.6 Å². The van der Waals surface area contributed by atoms with Crippen LogP contribution < -0.4 is 15.4 Å². The van der Waals surface area contributed by atoms with E-state index in [-0.39, 0.29) is 11.8 Å². The maximum absolute atomic E-state index is 13.6. The zero-order chi connectivity index (χ0) is 23.0. The van der Waals surface area contributed by atoms with Crippen LogP contribution in [0.15, 0.2) is 54.7 Å². The molecule has 2 aromatic carbocycles. The van der Waals surface area contributed by atoms with Gasteiger partial charge in [-0.25, -0.2) is 4.98 Å². The van der Waals surface area contributed by atoms with Crippen LogP contribution in [0, 0.1) is 6.92 Å². The Hall–Kier alpha value is -3.29. The first kappa shape index (κ1) is 23.4. The number of anilines is 4. The minimum atomic E-state index is -4.61. The minimum Gasteiger partial charge on any atom is -0.491 e. The fraction of sp³-hybridized carbons (Fsp3) is 0.333. The van der Waals surface area contributed by atoms with Crippen LogP contribution in [0.1, 0.15) is 43.7 Å². The minimum absolute atomic E-state index is 0.0577. The van der Waals surface area contributed by atoms with Crippen molar-refractivity contribution < 1.29 is 17.9 Å². The number of para-hydroxylation sites is 2. The first-order chi connectivity index (χ1) is 15.4. The molecule has 0 amide bonds. The van der Waals surface area contributed by atoms with Crippen molar-refractivity contribution in [2.45, 2.75) is 45.7 Å². The molecule has 8 heteroatoms. The van der Waals surface area contributed by atoms with Gasteiger partial charge in [0, 0.05) is 11.9 Å². The van der Waals surface area contributed by atoms with Crippen LogP contribution in [0.25, 0.3) is 0 Å². The summed E-state index contributed by atoms with van der Waals surface area (Å²) < 4.78 is 46.6. The summed E-state index contributed by atoms with van der Waals surface area (Å²) in [4.78, 5) is 7.96. The maximum Gasteiger partial charge on any atom is 0.421 e. The lowest BCUT2D eigenvalue weighted by Crippen LogP contribution is -2.13. The molecule has 0 aliphatic heterocycles. The Morgan fingerprint density at radius 1 is 0.938 bits per heavy atom. The number of ether oxygens (including phenoxy) is 1. The smallest absolute Gasteiger partial charge is 0.421 e. The molecular formula is C24H27F3N4O. The van der Waals surface area contributed by atoms with E-state index in [0.717, 1.165) is 37.4 Å². The monoisotopic (exact) mass is 444 g/mol. The normalized spacial score (nSPS) is 11.3. The van der Waals surface area contributed by atoms with Crippen LogP contribution >= 0.6 is 0 Å². The van der Waals surface area contributed by atoms with Crippen LogP contribution in [0.3, 0.4) is 0 Å². The third kappa shape index (κ3) is 6.60. The van der Waals surface area contributed by atoms with E-state index in [1.807, 2.05) is 31.2 Å². The molecule has 3 rings (SSSR count). The molecule has 0 atom stereocenters. The summed E-state index contributed by atoms with van der Waals surface area (Å²) in [5.41, 5.74) is 1.20. The molecule has 0 unspecified atom stereocenters. The predicted molar refractivity (Wildman–Crippen MR) is 121 cm³/mol. The highest BCUT2D eigenvalue weighted by atomic mass is 19.4. The molecule has 0 bridgehead atoms. The predicted octanol–water partition coefficient (Wildman–Crippen LogP) is 7.25. The van der Waals surface area contributed by atoms with Gasteiger partial charge in [0.1, 0.15) is 17.1 Å². The number of alkyl halides is 3. The van der Waals surface area contributed by atoms with E-state index in [1.165, 1.54) is 0 Å². The van der Waals surface area contributed by atoms with Gasteiger partial charge in [-0.2, -0.15) is 18.2 Å².